The molecule has 1 saturated heterocycles. The van der Waals surface area contributed by atoms with Gasteiger partial charge in [-0.1, -0.05) is 54.6 Å². The van der Waals surface area contributed by atoms with Gasteiger partial charge in [0.15, 0.2) is 6.19 Å². The van der Waals surface area contributed by atoms with E-state index in [0.29, 0.717) is 0 Å². The number of rotatable bonds is 3. The van der Waals surface area contributed by atoms with Gasteiger partial charge in [-0.05, 0) is 29.5 Å². The number of likely N-dealkylation sites (tertiary alicyclic amines) is 1. The number of nitrogens with one attached hydrogen (secondary N) is 1. The van der Waals surface area contributed by atoms with Crippen LogP contribution in [-0.4, -0.2) is 34.9 Å². The first-order valence-electron chi connectivity index (χ1n) is 9.63. The van der Waals surface area contributed by atoms with E-state index in [1.54, 1.807) is 0 Å². The minimum atomic E-state index is 0.275. The molecule has 5 nitrogen and oxygen atoms in total. The van der Waals surface area contributed by atoms with Gasteiger partial charge in [0.1, 0.15) is 0 Å². The van der Waals surface area contributed by atoms with Gasteiger partial charge in [-0.25, -0.2) is 4.99 Å². The van der Waals surface area contributed by atoms with Gasteiger partial charge in [0.25, 0.3) is 0 Å². The highest BCUT2D eigenvalue weighted by Gasteiger charge is 2.24. The van der Waals surface area contributed by atoms with Gasteiger partial charge >= 0.3 is 0 Å². The molecular weight excluding hydrogens is 334 g/mol. The van der Waals surface area contributed by atoms with E-state index >= 15 is 0 Å². The highest BCUT2D eigenvalue weighted by molar-refractivity contribution is 5.82. The monoisotopic (exact) mass is 359 g/mol. The topological polar surface area (TPSA) is 54.7 Å². The lowest BCUT2D eigenvalue weighted by atomic mass is 10.0. The minimum absolute atomic E-state index is 0.275. The number of nitrogens with zero attached hydrogens (tertiary/aromatic N) is 4. The van der Waals surface area contributed by atoms with Crippen LogP contribution in [0.5, 0.6) is 0 Å². The molecule has 4 rings (SSSR count). The lowest BCUT2D eigenvalue weighted by molar-refractivity contribution is 0.205. The van der Waals surface area contributed by atoms with E-state index < -0.39 is 0 Å². The van der Waals surface area contributed by atoms with Crippen molar-refractivity contribution in [3.05, 3.63) is 71.3 Å². The Hall–Kier alpha value is -2.84. The van der Waals surface area contributed by atoms with Crippen LogP contribution in [0.25, 0.3) is 0 Å². The quantitative estimate of drug-likeness (QED) is 0.396. The summed E-state index contributed by atoms with van der Waals surface area (Å²) in [6.07, 6.45) is 4.13. The first-order valence-corrected chi connectivity index (χ1v) is 9.63. The second-order valence-electron chi connectivity index (χ2n) is 7.31. The van der Waals surface area contributed by atoms with Crippen molar-refractivity contribution in [3.63, 3.8) is 0 Å². The third-order valence-corrected chi connectivity index (χ3v) is 5.42. The van der Waals surface area contributed by atoms with Crippen LogP contribution >= 0.6 is 0 Å². The molecule has 1 fully saturated rings. The first kappa shape index (κ1) is 17.6. The molecule has 5 heteroatoms. The molecule has 2 aromatic carbocycles. The normalized spacial score (nSPS) is 18.2. The SMILES string of the molecule is N#CNC(=NC1CCN(Cc2ccccc2)CC1)N1Cc2ccccc2C1. The van der Waals surface area contributed by atoms with Crippen LogP contribution in [0, 0.1) is 11.5 Å². The Labute approximate surface area is 160 Å². The molecular formula is C22H25N5. The molecule has 0 amide bonds. The number of hydrogen-bond acceptors (Lipinski definition) is 3. The number of nitriles is 1. The van der Waals surface area contributed by atoms with Gasteiger partial charge in [-0.3, -0.25) is 10.2 Å². The van der Waals surface area contributed by atoms with Crippen molar-refractivity contribution in [3.8, 4) is 6.19 Å². The van der Waals surface area contributed by atoms with Crippen molar-refractivity contribution in [1.29, 1.82) is 5.26 Å². The van der Waals surface area contributed by atoms with Crippen molar-refractivity contribution in [2.45, 2.75) is 38.5 Å². The Morgan fingerprint density at radius 1 is 1.00 bits per heavy atom. The molecule has 138 valence electrons. The summed E-state index contributed by atoms with van der Waals surface area (Å²) in [5, 5.41) is 12.0. The van der Waals surface area contributed by atoms with Crippen molar-refractivity contribution >= 4 is 5.96 Å². The summed E-state index contributed by atoms with van der Waals surface area (Å²) in [5.41, 5.74) is 4.01. The molecule has 2 heterocycles. The van der Waals surface area contributed by atoms with Crippen LogP contribution in [0.15, 0.2) is 59.6 Å². The van der Waals surface area contributed by atoms with Crippen molar-refractivity contribution < 1.29 is 0 Å². The van der Waals surface area contributed by atoms with Crippen LogP contribution in [0.2, 0.25) is 0 Å². The van der Waals surface area contributed by atoms with Crippen molar-refractivity contribution in [1.82, 2.24) is 15.1 Å². The van der Waals surface area contributed by atoms with Gasteiger partial charge in [0.05, 0.1) is 6.04 Å². The van der Waals surface area contributed by atoms with Crippen molar-refractivity contribution in [2.24, 2.45) is 4.99 Å². The lowest BCUT2D eigenvalue weighted by Gasteiger charge is -2.31. The summed E-state index contributed by atoms with van der Waals surface area (Å²) in [6, 6.07) is 19.3. The molecule has 0 aromatic heterocycles. The summed E-state index contributed by atoms with van der Waals surface area (Å²) in [6.45, 7) is 4.72. The third-order valence-electron chi connectivity index (χ3n) is 5.42. The Morgan fingerprint density at radius 2 is 1.63 bits per heavy atom. The number of aliphatic imine (C=N–C) groups is 1. The van der Waals surface area contributed by atoms with Crippen LogP contribution in [0.4, 0.5) is 0 Å². The predicted molar refractivity (Wildman–Crippen MR) is 107 cm³/mol. The number of benzene rings is 2. The highest BCUT2D eigenvalue weighted by atomic mass is 15.3. The fourth-order valence-electron chi connectivity index (χ4n) is 3.95. The highest BCUT2D eigenvalue weighted by Crippen LogP contribution is 2.23. The van der Waals surface area contributed by atoms with Gasteiger partial charge in [-0.15, -0.1) is 0 Å². The maximum atomic E-state index is 9.17. The summed E-state index contributed by atoms with van der Waals surface area (Å²) in [4.78, 5) is 9.58. The first-order chi connectivity index (χ1) is 13.3. The summed E-state index contributed by atoms with van der Waals surface area (Å²) >= 11 is 0. The van der Waals surface area contributed by atoms with Gasteiger partial charge < -0.3 is 4.90 Å². The zero-order valence-electron chi connectivity index (χ0n) is 15.5. The Kier molecular flexibility index (Phi) is 5.36. The molecule has 27 heavy (non-hydrogen) atoms. The molecule has 0 unspecified atom stereocenters. The second kappa shape index (κ2) is 8.24. The zero-order valence-corrected chi connectivity index (χ0v) is 15.5. The largest absolute Gasteiger partial charge is 0.333 e. The van der Waals surface area contributed by atoms with Crippen LogP contribution in [-0.2, 0) is 19.6 Å². The molecule has 0 saturated carbocycles. The Bertz CT molecular complexity index is 806. The Morgan fingerprint density at radius 3 is 2.26 bits per heavy atom. The molecule has 2 aliphatic heterocycles. The van der Waals surface area contributed by atoms with E-state index in [9.17, 15) is 5.26 Å². The smallest absolute Gasteiger partial charge is 0.208 e. The molecule has 0 bridgehead atoms. The van der Waals surface area contributed by atoms with E-state index in [2.05, 4.69) is 75.9 Å². The lowest BCUT2D eigenvalue weighted by Crippen LogP contribution is -2.39. The van der Waals surface area contributed by atoms with E-state index in [0.717, 1.165) is 51.5 Å². The van der Waals surface area contributed by atoms with Gasteiger partial charge in [0, 0.05) is 32.7 Å². The van der Waals surface area contributed by atoms with Crippen LogP contribution < -0.4 is 5.32 Å². The molecule has 2 aromatic rings. The average Bonchev–Trinajstić information content (AvgIpc) is 3.14. The zero-order chi connectivity index (χ0) is 18.5. The number of hydrogen-bond donors (Lipinski definition) is 1. The summed E-state index contributed by atoms with van der Waals surface area (Å²) in [5.74, 6) is 0.718. The van der Waals surface area contributed by atoms with E-state index in [1.165, 1.54) is 16.7 Å². The van der Waals surface area contributed by atoms with E-state index in [1.807, 2.05) is 0 Å². The molecule has 0 aliphatic carbocycles. The fourth-order valence-corrected chi connectivity index (χ4v) is 3.95. The molecule has 0 radical (unpaired) electrons. The molecule has 0 atom stereocenters. The third kappa shape index (κ3) is 4.29. The average molecular weight is 359 g/mol. The predicted octanol–water partition coefficient (Wildman–Crippen LogP) is 3.09. The minimum Gasteiger partial charge on any atom is -0.333 e. The van der Waals surface area contributed by atoms with E-state index in [-0.39, 0.29) is 6.04 Å². The second-order valence-corrected chi connectivity index (χ2v) is 7.31. The standard InChI is InChI=1S/C22H25N5/c23-17-24-22(27-15-19-8-4-5-9-20(19)16-27)25-21-10-12-26(13-11-21)14-18-6-2-1-3-7-18/h1-9,21H,10-16H2,(H,24,25). The maximum Gasteiger partial charge on any atom is 0.208 e. The van der Waals surface area contributed by atoms with Gasteiger partial charge in [-0.2, -0.15) is 5.26 Å². The fraction of sp³-hybridized carbons (Fsp3) is 0.364. The molecule has 2 aliphatic rings. The Balaban J connectivity index is 1.36. The van der Waals surface area contributed by atoms with Crippen LogP contribution in [0.3, 0.4) is 0 Å². The summed E-state index contributed by atoms with van der Waals surface area (Å²) < 4.78 is 0. The number of piperidine rings is 1. The van der Waals surface area contributed by atoms with Crippen LogP contribution in [0.1, 0.15) is 29.5 Å². The van der Waals surface area contributed by atoms with E-state index in [4.69, 9.17) is 4.99 Å². The molecule has 1 N–H and O–H groups in total. The van der Waals surface area contributed by atoms with Crippen molar-refractivity contribution in [2.75, 3.05) is 13.1 Å². The number of guanidine groups is 1. The molecule has 0 spiro atoms. The maximum absolute atomic E-state index is 9.17. The number of fused-ring (bicyclic) bond motifs is 1. The van der Waals surface area contributed by atoms with Gasteiger partial charge in [0.2, 0.25) is 5.96 Å². The summed E-state index contributed by atoms with van der Waals surface area (Å²) in [7, 11) is 0.